The quantitative estimate of drug-likeness (QED) is 0.612. The topological polar surface area (TPSA) is 75.2 Å². The third-order valence-electron chi connectivity index (χ3n) is 1.26. The van der Waals surface area contributed by atoms with Gasteiger partial charge in [0.05, 0.1) is 6.61 Å². The number of hydrogen-bond donors (Lipinski definition) is 2. The molecule has 12 heavy (non-hydrogen) atoms. The second-order valence-electron chi connectivity index (χ2n) is 2.23. The van der Waals surface area contributed by atoms with Crippen molar-refractivity contribution in [3.63, 3.8) is 0 Å². The summed E-state index contributed by atoms with van der Waals surface area (Å²) < 4.78 is 4.81. The lowest BCUT2D eigenvalue weighted by atomic mass is 10.4. The Kier molecular flexibility index (Phi) is 3.28. The lowest BCUT2D eigenvalue weighted by Gasteiger charge is -1.97. The molecule has 0 unspecified atom stereocenters. The predicted octanol–water partition coefficient (Wildman–Crippen LogP) is 0.0534. The molecule has 0 aliphatic rings. The molecule has 0 radical (unpaired) electrons. The standard InChI is InChI=1S/C7H10N2O3/c10-7(11)5-12-4-1-6-8-2-3-9-6/h2-3H,1,4-5H2,(H,8,9)(H,10,11). The minimum atomic E-state index is -0.950. The van der Waals surface area contributed by atoms with Gasteiger partial charge in [0, 0.05) is 18.8 Å². The van der Waals surface area contributed by atoms with Crippen molar-refractivity contribution in [1.29, 1.82) is 0 Å². The lowest BCUT2D eigenvalue weighted by Crippen LogP contribution is -2.09. The molecule has 0 spiro atoms. The van der Waals surface area contributed by atoms with E-state index in [-0.39, 0.29) is 6.61 Å². The molecule has 0 aliphatic heterocycles. The summed E-state index contributed by atoms with van der Waals surface area (Å²) in [6.45, 7) is 0.126. The van der Waals surface area contributed by atoms with Crippen LogP contribution in [-0.4, -0.2) is 34.3 Å². The third-order valence-corrected chi connectivity index (χ3v) is 1.26. The van der Waals surface area contributed by atoms with Crippen molar-refractivity contribution in [1.82, 2.24) is 9.97 Å². The first-order valence-electron chi connectivity index (χ1n) is 3.57. The molecule has 1 aromatic rings. The van der Waals surface area contributed by atoms with Crippen molar-refractivity contribution in [2.45, 2.75) is 6.42 Å². The molecule has 5 nitrogen and oxygen atoms in total. The minimum absolute atomic E-state index is 0.249. The molecule has 0 saturated heterocycles. The van der Waals surface area contributed by atoms with Crippen LogP contribution >= 0.6 is 0 Å². The zero-order valence-corrected chi connectivity index (χ0v) is 6.49. The second-order valence-corrected chi connectivity index (χ2v) is 2.23. The fourth-order valence-corrected chi connectivity index (χ4v) is 0.763. The first-order chi connectivity index (χ1) is 5.79. The van der Waals surface area contributed by atoms with Crippen LogP contribution in [0.4, 0.5) is 0 Å². The van der Waals surface area contributed by atoms with Gasteiger partial charge in [-0.25, -0.2) is 9.78 Å². The number of H-pyrrole nitrogens is 1. The molecule has 2 N–H and O–H groups in total. The smallest absolute Gasteiger partial charge is 0.329 e. The molecular weight excluding hydrogens is 160 g/mol. The van der Waals surface area contributed by atoms with Gasteiger partial charge in [-0.05, 0) is 0 Å². The van der Waals surface area contributed by atoms with Gasteiger partial charge in [-0.1, -0.05) is 0 Å². The third kappa shape index (κ3) is 3.16. The normalized spacial score (nSPS) is 10.0. The number of imidazole rings is 1. The van der Waals surface area contributed by atoms with Crippen LogP contribution < -0.4 is 0 Å². The monoisotopic (exact) mass is 170 g/mol. The molecule has 1 heterocycles. The number of nitrogens with zero attached hydrogens (tertiary/aromatic N) is 1. The molecule has 0 atom stereocenters. The maximum atomic E-state index is 10.0. The van der Waals surface area contributed by atoms with Gasteiger partial charge in [0.2, 0.25) is 0 Å². The first kappa shape index (κ1) is 8.73. The number of aliphatic carboxylic acids is 1. The second kappa shape index (κ2) is 4.50. The zero-order valence-electron chi connectivity index (χ0n) is 6.49. The average molecular weight is 170 g/mol. The molecule has 0 amide bonds. The van der Waals surface area contributed by atoms with Crippen LogP contribution in [-0.2, 0) is 16.0 Å². The van der Waals surface area contributed by atoms with E-state index < -0.39 is 5.97 Å². The molecule has 1 rings (SSSR count). The molecule has 0 aromatic carbocycles. The molecule has 1 aromatic heterocycles. The largest absolute Gasteiger partial charge is 0.480 e. The Morgan fingerprint density at radius 3 is 3.17 bits per heavy atom. The highest BCUT2D eigenvalue weighted by Crippen LogP contribution is 1.90. The van der Waals surface area contributed by atoms with Gasteiger partial charge in [0.1, 0.15) is 12.4 Å². The number of aromatic amines is 1. The van der Waals surface area contributed by atoms with Crippen LogP contribution in [0.15, 0.2) is 12.4 Å². The molecular formula is C7H10N2O3. The number of hydrogen-bond acceptors (Lipinski definition) is 3. The highest BCUT2D eigenvalue weighted by molar-refractivity contribution is 5.67. The van der Waals surface area contributed by atoms with Gasteiger partial charge in [-0.3, -0.25) is 0 Å². The molecule has 0 fully saturated rings. The van der Waals surface area contributed by atoms with Crippen molar-refractivity contribution < 1.29 is 14.6 Å². The lowest BCUT2D eigenvalue weighted by molar-refractivity contribution is -0.142. The van der Waals surface area contributed by atoms with Crippen LogP contribution in [0.5, 0.6) is 0 Å². The number of rotatable bonds is 5. The number of ether oxygens (including phenoxy) is 1. The first-order valence-corrected chi connectivity index (χ1v) is 3.57. The van der Waals surface area contributed by atoms with E-state index in [1.165, 1.54) is 0 Å². The van der Waals surface area contributed by atoms with Crippen molar-refractivity contribution in [2.24, 2.45) is 0 Å². The van der Waals surface area contributed by atoms with Crippen LogP contribution in [0.25, 0.3) is 0 Å². The van der Waals surface area contributed by atoms with Crippen LogP contribution in [0, 0.1) is 0 Å². The van der Waals surface area contributed by atoms with Crippen molar-refractivity contribution >= 4 is 5.97 Å². The fraction of sp³-hybridized carbons (Fsp3) is 0.429. The van der Waals surface area contributed by atoms with E-state index in [0.29, 0.717) is 13.0 Å². The van der Waals surface area contributed by atoms with Gasteiger partial charge >= 0.3 is 5.97 Å². The number of carbonyl (C=O) groups is 1. The summed E-state index contributed by atoms with van der Waals surface area (Å²) >= 11 is 0. The summed E-state index contributed by atoms with van der Waals surface area (Å²) in [4.78, 5) is 16.8. The molecule has 0 saturated carbocycles. The Labute approximate surface area is 69.4 Å². The maximum absolute atomic E-state index is 10.0. The molecule has 5 heteroatoms. The van der Waals surface area contributed by atoms with E-state index in [0.717, 1.165) is 5.82 Å². The van der Waals surface area contributed by atoms with Crippen LogP contribution in [0.2, 0.25) is 0 Å². The van der Waals surface area contributed by atoms with E-state index in [2.05, 4.69) is 9.97 Å². The van der Waals surface area contributed by atoms with E-state index in [1.54, 1.807) is 12.4 Å². The Morgan fingerprint density at radius 2 is 2.58 bits per heavy atom. The van der Waals surface area contributed by atoms with Gasteiger partial charge in [-0.15, -0.1) is 0 Å². The Hall–Kier alpha value is -1.36. The molecule has 66 valence electrons. The summed E-state index contributed by atoms with van der Waals surface area (Å²) in [6, 6.07) is 0. The fourth-order valence-electron chi connectivity index (χ4n) is 0.763. The number of carboxylic acid groups (broad SMARTS) is 1. The molecule has 0 aliphatic carbocycles. The van der Waals surface area contributed by atoms with E-state index >= 15 is 0 Å². The van der Waals surface area contributed by atoms with E-state index in [9.17, 15) is 4.79 Å². The Morgan fingerprint density at radius 1 is 1.75 bits per heavy atom. The van der Waals surface area contributed by atoms with Crippen LogP contribution in [0.1, 0.15) is 5.82 Å². The van der Waals surface area contributed by atoms with Crippen molar-refractivity contribution in [3.8, 4) is 0 Å². The van der Waals surface area contributed by atoms with Gasteiger partial charge in [0.25, 0.3) is 0 Å². The Balaban J connectivity index is 2.07. The maximum Gasteiger partial charge on any atom is 0.329 e. The van der Waals surface area contributed by atoms with E-state index in [1.807, 2.05) is 0 Å². The molecule has 0 bridgehead atoms. The number of nitrogens with one attached hydrogen (secondary N) is 1. The van der Waals surface area contributed by atoms with Crippen molar-refractivity contribution in [3.05, 3.63) is 18.2 Å². The predicted molar refractivity (Wildman–Crippen MR) is 40.7 cm³/mol. The van der Waals surface area contributed by atoms with Crippen molar-refractivity contribution in [2.75, 3.05) is 13.2 Å². The van der Waals surface area contributed by atoms with E-state index in [4.69, 9.17) is 9.84 Å². The average Bonchev–Trinajstić information content (AvgIpc) is 2.49. The summed E-state index contributed by atoms with van der Waals surface area (Å²) in [5.74, 6) is -0.144. The van der Waals surface area contributed by atoms with Crippen LogP contribution in [0.3, 0.4) is 0 Å². The number of carboxylic acids is 1. The highest BCUT2D eigenvalue weighted by atomic mass is 16.5. The summed E-state index contributed by atoms with van der Waals surface area (Å²) in [7, 11) is 0. The minimum Gasteiger partial charge on any atom is -0.480 e. The summed E-state index contributed by atoms with van der Waals surface area (Å²) in [5, 5.41) is 8.22. The van der Waals surface area contributed by atoms with Gasteiger partial charge in [-0.2, -0.15) is 0 Å². The van der Waals surface area contributed by atoms with Gasteiger partial charge < -0.3 is 14.8 Å². The van der Waals surface area contributed by atoms with Gasteiger partial charge in [0.15, 0.2) is 0 Å². The summed E-state index contributed by atoms with van der Waals surface area (Å²) in [6.07, 6.45) is 3.97. The SMILES string of the molecule is O=C(O)COCCc1ncc[nH]1. The number of aromatic nitrogens is 2. The zero-order chi connectivity index (χ0) is 8.81. The highest BCUT2D eigenvalue weighted by Gasteiger charge is 1.97. The summed E-state index contributed by atoms with van der Waals surface area (Å²) in [5.41, 5.74) is 0. The Bertz CT molecular complexity index is 233.